The molecule has 1 aromatic rings. The third-order valence-corrected chi connectivity index (χ3v) is 2.78. The van der Waals surface area contributed by atoms with E-state index < -0.39 is 0 Å². The lowest BCUT2D eigenvalue weighted by Gasteiger charge is -2.10. The quantitative estimate of drug-likeness (QED) is 0.822. The predicted octanol–water partition coefficient (Wildman–Crippen LogP) is 2.21. The second-order valence-corrected chi connectivity index (χ2v) is 4.22. The number of nitrogens with zero attached hydrogens (tertiary/aromatic N) is 1. The van der Waals surface area contributed by atoms with E-state index >= 15 is 0 Å². The molecule has 0 aromatic carbocycles. The molecule has 94 valence electrons. The molecule has 1 atom stereocenters. The first-order valence-electron chi connectivity index (χ1n) is 6.26. The largest absolute Gasteiger partial charge is 0.385 e. The molecule has 4 heteroatoms. The number of ether oxygens (including phenoxy) is 2. The summed E-state index contributed by atoms with van der Waals surface area (Å²) in [4.78, 5) is 4.28. The predicted molar refractivity (Wildman–Crippen MR) is 67.0 cm³/mol. The molecular weight excluding hydrogens is 216 g/mol. The fraction of sp³-hybridized carbons (Fsp3) is 0.615. The molecule has 1 aliphatic heterocycles. The number of hydrogen-bond donors (Lipinski definition) is 1. The van der Waals surface area contributed by atoms with E-state index in [1.165, 1.54) is 0 Å². The van der Waals surface area contributed by atoms with Crippen LogP contribution >= 0.6 is 0 Å². The maximum atomic E-state index is 5.62. The van der Waals surface area contributed by atoms with Crippen molar-refractivity contribution in [1.82, 2.24) is 4.98 Å². The van der Waals surface area contributed by atoms with Crippen molar-refractivity contribution in [2.75, 3.05) is 25.1 Å². The standard InChI is InChI=1S/C13H20N2O2/c1-2-14-11-5-6-15-12(8-11)9-16-10-13-4-3-7-17-13/h5-6,8,13H,2-4,7,9-10H2,1H3,(H,14,15). The molecule has 1 aliphatic rings. The highest BCUT2D eigenvalue weighted by Gasteiger charge is 2.15. The molecule has 0 bridgehead atoms. The molecule has 1 saturated heterocycles. The normalized spacial score (nSPS) is 19.5. The third kappa shape index (κ3) is 3.98. The summed E-state index contributed by atoms with van der Waals surface area (Å²) in [5.74, 6) is 0. The van der Waals surface area contributed by atoms with E-state index in [4.69, 9.17) is 9.47 Å². The van der Waals surface area contributed by atoms with Gasteiger partial charge >= 0.3 is 0 Å². The maximum absolute atomic E-state index is 5.62. The second kappa shape index (κ2) is 6.57. The van der Waals surface area contributed by atoms with Crippen molar-refractivity contribution in [1.29, 1.82) is 0 Å². The number of pyridine rings is 1. The van der Waals surface area contributed by atoms with Crippen LogP contribution < -0.4 is 5.32 Å². The smallest absolute Gasteiger partial charge is 0.0889 e. The van der Waals surface area contributed by atoms with Crippen molar-refractivity contribution in [3.63, 3.8) is 0 Å². The Labute approximate surface area is 102 Å². The summed E-state index contributed by atoms with van der Waals surface area (Å²) in [6, 6.07) is 3.99. The van der Waals surface area contributed by atoms with Gasteiger partial charge in [-0.2, -0.15) is 0 Å². The van der Waals surface area contributed by atoms with Crippen LogP contribution in [0, 0.1) is 0 Å². The van der Waals surface area contributed by atoms with E-state index in [2.05, 4.69) is 17.2 Å². The van der Waals surface area contributed by atoms with Crippen LogP contribution in [0.25, 0.3) is 0 Å². The van der Waals surface area contributed by atoms with Gasteiger partial charge in [-0.3, -0.25) is 4.98 Å². The molecule has 2 rings (SSSR count). The Morgan fingerprint density at radius 1 is 1.59 bits per heavy atom. The third-order valence-electron chi connectivity index (χ3n) is 2.78. The van der Waals surface area contributed by atoms with Gasteiger partial charge < -0.3 is 14.8 Å². The monoisotopic (exact) mass is 236 g/mol. The van der Waals surface area contributed by atoms with Gasteiger partial charge in [0.15, 0.2) is 0 Å². The highest BCUT2D eigenvalue weighted by molar-refractivity contribution is 5.42. The van der Waals surface area contributed by atoms with Gasteiger partial charge in [-0.25, -0.2) is 0 Å². The van der Waals surface area contributed by atoms with Crippen LogP contribution in [0.5, 0.6) is 0 Å². The van der Waals surface area contributed by atoms with Crippen molar-refractivity contribution < 1.29 is 9.47 Å². The summed E-state index contributed by atoms with van der Waals surface area (Å²) < 4.78 is 11.1. The fourth-order valence-corrected chi connectivity index (χ4v) is 1.94. The van der Waals surface area contributed by atoms with Crippen LogP contribution in [0.15, 0.2) is 18.3 Å². The minimum Gasteiger partial charge on any atom is -0.385 e. The summed E-state index contributed by atoms with van der Waals surface area (Å²) in [6.45, 7) is 5.10. The highest BCUT2D eigenvalue weighted by atomic mass is 16.5. The zero-order chi connectivity index (χ0) is 11.9. The van der Waals surface area contributed by atoms with Crippen molar-refractivity contribution in [3.8, 4) is 0 Å². The number of anilines is 1. The summed E-state index contributed by atoms with van der Waals surface area (Å²) >= 11 is 0. The van der Waals surface area contributed by atoms with E-state index in [1.54, 1.807) is 0 Å². The topological polar surface area (TPSA) is 43.4 Å². The van der Waals surface area contributed by atoms with E-state index in [0.717, 1.165) is 37.4 Å². The van der Waals surface area contributed by atoms with Crippen molar-refractivity contribution in [2.24, 2.45) is 0 Å². The lowest BCUT2D eigenvalue weighted by Crippen LogP contribution is -2.14. The lowest BCUT2D eigenvalue weighted by molar-refractivity contribution is 0.00967. The minimum atomic E-state index is 0.284. The zero-order valence-electron chi connectivity index (χ0n) is 10.3. The molecule has 1 N–H and O–H groups in total. The number of aromatic nitrogens is 1. The first-order chi connectivity index (χ1) is 8.38. The average Bonchev–Trinajstić information content (AvgIpc) is 2.83. The minimum absolute atomic E-state index is 0.284. The summed E-state index contributed by atoms with van der Waals surface area (Å²) in [7, 11) is 0. The van der Waals surface area contributed by atoms with Crippen molar-refractivity contribution in [2.45, 2.75) is 32.5 Å². The Morgan fingerprint density at radius 3 is 3.29 bits per heavy atom. The van der Waals surface area contributed by atoms with Crippen LogP contribution in [0.4, 0.5) is 5.69 Å². The van der Waals surface area contributed by atoms with Gasteiger partial charge in [-0.15, -0.1) is 0 Å². The molecule has 0 amide bonds. The Kier molecular flexibility index (Phi) is 4.76. The van der Waals surface area contributed by atoms with Gasteiger partial charge in [0, 0.05) is 25.0 Å². The Hall–Kier alpha value is -1.13. The van der Waals surface area contributed by atoms with Gasteiger partial charge in [-0.05, 0) is 31.9 Å². The van der Waals surface area contributed by atoms with E-state index in [1.807, 2.05) is 18.3 Å². The first-order valence-corrected chi connectivity index (χ1v) is 6.26. The molecule has 0 radical (unpaired) electrons. The Balaban J connectivity index is 1.75. The molecule has 0 spiro atoms. The summed E-state index contributed by atoms with van der Waals surface area (Å²) in [5, 5.41) is 3.26. The van der Waals surface area contributed by atoms with Gasteiger partial charge in [0.05, 0.1) is 25.0 Å². The van der Waals surface area contributed by atoms with Gasteiger partial charge in [0.1, 0.15) is 0 Å². The van der Waals surface area contributed by atoms with Crippen LogP contribution in [0.2, 0.25) is 0 Å². The van der Waals surface area contributed by atoms with E-state index in [9.17, 15) is 0 Å². The molecule has 0 aliphatic carbocycles. The van der Waals surface area contributed by atoms with E-state index in [-0.39, 0.29) is 6.10 Å². The maximum Gasteiger partial charge on any atom is 0.0889 e. The Morgan fingerprint density at radius 2 is 2.53 bits per heavy atom. The molecule has 1 fully saturated rings. The first kappa shape index (κ1) is 12.3. The van der Waals surface area contributed by atoms with Crippen LogP contribution in [0.3, 0.4) is 0 Å². The van der Waals surface area contributed by atoms with Gasteiger partial charge in [0.2, 0.25) is 0 Å². The fourth-order valence-electron chi connectivity index (χ4n) is 1.94. The number of hydrogen-bond acceptors (Lipinski definition) is 4. The SMILES string of the molecule is CCNc1ccnc(COCC2CCCO2)c1. The average molecular weight is 236 g/mol. The molecule has 4 nitrogen and oxygen atoms in total. The van der Waals surface area contributed by atoms with Gasteiger partial charge in [-0.1, -0.05) is 0 Å². The number of nitrogens with one attached hydrogen (secondary N) is 1. The zero-order valence-corrected chi connectivity index (χ0v) is 10.3. The molecule has 17 heavy (non-hydrogen) atoms. The van der Waals surface area contributed by atoms with Crippen LogP contribution in [0.1, 0.15) is 25.5 Å². The van der Waals surface area contributed by atoms with Crippen molar-refractivity contribution >= 4 is 5.69 Å². The molecular formula is C13H20N2O2. The highest BCUT2D eigenvalue weighted by Crippen LogP contribution is 2.13. The molecule has 2 heterocycles. The molecule has 0 saturated carbocycles. The van der Waals surface area contributed by atoms with E-state index in [0.29, 0.717) is 13.2 Å². The summed E-state index contributed by atoms with van der Waals surface area (Å²) in [5.41, 5.74) is 2.06. The number of rotatable bonds is 6. The van der Waals surface area contributed by atoms with Crippen LogP contribution in [-0.4, -0.2) is 30.8 Å². The molecule has 1 aromatic heterocycles. The molecule has 1 unspecified atom stereocenters. The van der Waals surface area contributed by atoms with Crippen molar-refractivity contribution in [3.05, 3.63) is 24.0 Å². The van der Waals surface area contributed by atoms with Gasteiger partial charge in [0.25, 0.3) is 0 Å². The second-order valence-electron chi connectivity index (χ2n) is 4.22. The van der Waals surface area contributed by atoms with Crippen LogP contribution in [-0.2, 0) is 16.1 Å². The lowest BCUT2D eigenvalue weighted by atomic mass is 10.2. The summed E-state index contributed by atoms with van der Waals surface area (Å²) in [6.07, 6.45) is 4.36. The Bertz CT molecular complexity index is 338.